The number of nitrogens with one attached hydrogen (secondary N) is 1. The SMILES string of the molecule is COc1ccc(-c2sc(C)nc2C(=O)N(CCc2c[nH]c3ccc(F)cc23)C(C)C)cn1. The zero-order valence-electron chi connectivity index (χ0n) is 18.5. The maximum atomic E-state index is 13.7. The fraction of sp³-hybridized carbons (Fsp3) is 0.292. The van der Waals surface area contributed by atoms with Crippen molar-refractivity contribution in [3.05, 3.63) is 64.8 Å². The van der Waals surface area contributed by atoms with E-state index in [4.69, 9.17) is 4.74 Å². The fourth-order valence-corrected chi connectivity index (χ4v) is 4.63. The number of thiazole rings is 1. The molecule has 0 spiro atoms. The van der Waals surface area contributed by atoms with Gasteiger partial charge in [-0.2, -0.15) is 0 Å². The molecule has 0 radical (unpaired) electrons. The lowest BCUT2D eigenvalue weighted by Crippen LogP contribution is -2.39. The van der Waals surface area contributed by atoms with Gasteiger partial charge in [-0.15, -0.1) is 11.3 Å². The predicted molar refractivity (Wildman–Crippen MR) is 125 cm³/mol. The van der Waals surface area contributed by atoms with Gasteiger partial charge in [0.25, 0.3) is 5.91 Å². The molecule has 3 aromatic heterocycles. The van der Waals surface area contributed by atoms with Crippen LogP contribution in [-0.2, 0) is 6.42 Å². The zero-order valence-corrected chi connectivity index (χ0v) is 19.3. The summed E-state index contributed by atoms with van der Waals surface area (Å²) in [5, 5.41) is 1.66. The highest BCUT2D eigenvalue weighted by molar-refractivity contribution is 7.15. The minimum atomic E-state index is -0.272. The summed E-state index contributed by atoms with van der Waals surface area (Å²) in [6, 6.07) is 8.33. The Kier molecular flexibility index (Phi) is 6.23. The number of fused-ring (bicyclic) bond motifs is 1. The number of pyridine rings is 1. The van der Waals surface area contributed by atoms with E-state index in [1.807, 2.05) is 37.9 Å². The van der Waals surface area contributed by atoms with Gasteiger partial charge in [0.1, 0.15) is 11.5 Å². The van der Waals surface area contributed by atoms with Crippen molar-refractivity contribution in [1.29, 1.82) is 0 Å². The first-order valence-corrected chi connectivity index (χ1v) is 11.2. The molecule has 0 unspecified atom stereocenters. The van der Waals surface area contributed by atoms with Crippen LogP contribution >= 0.6 is 11.3 Å². The molecule has 0 saturated carbocycles. The third kappa shape index (κ3) is 4.36. The lowest BCUT2D eigenvalue weighted by atomic mass is 10.1. The molecule has 0 atom stereocenters. The minimum absolute atomic E-state index is 0.0201. The second kappa shape index (κ2) is 9.08. The summed E-state index contributed by atoms with van der Waals surface area (Å²) in [6.07, 6.45) is 4.19. The Morgan fingerprint density at radius 1 is 1.28 bits per heavy atom. The van der Waals surface area contributed by atoms with Gasteiger partial charge >= 0.3 is 0 Å². The first-order chi connectivity index (χ1) is 15.4. The van der Waals surface area contributed by atoms with Crippen LogP contribution in [0, 0.1) is 12.7 Å². The standard InChI is InChI=1S/C24H25FN4O2S/c1-14(2)29(10-9-16-12-26-20-7-6-18(25)11-19(16)20)24(30)22-23(32-15(3)28-22)17-5-8-21(31-4)27-13-17/h5-8,11-14,26H,9-10H2,1-4H3. The first kappa shape index (κ1) is 22.0. The molecule has 0 aliphatic heterocycles. The number of hydrogen-bond donors (Lipinski definition) is 1. The minimum Gasteiger partial charge on any atom is -0.481 e. The molecular formula is C24H25FN4O2S. The lowest BCUT2D eigenvalue weighted by molar-refractivity contribution is 0.0703. The van der Waals surface area contributed by atoms with Gasteiger partial charge in [0.2, 0.25) is 5.88 Å². The Bertz CT molecular complexity index is 1250. The van der Waals surface area contributed by atoms with E-state index in [2.05, 4.69) is 15.0 Å². The number of ether oxygens (including phenoxy) is 1. The molecule has 0 saturated heterocycles. The normalized spacial score (nSPS) is 11.3. The average Bonchev–Trinajstić information content (AvgIpc) is 3.36. The lowest BCUT2D eigenvalue weighted by Gasteiger charge is -2.26. The van der Waals surface area contributed by atoms with Crippen LogP contribution in [-0.4, -0.2) is 45.5 Å². The van der Waals surface area contributed by atoms with Crippen molar-refractivity contribution in [2.75, 3.05) is 13.7 Å². The number of methoxy groups -OCH3 is 1. The van der Waals surface area contributed by atoms with Crippen LogP contribution < -0.4 is 4.74 Å². The number of amides is 1. The molecule has 3 heterocycles. The Labute approximate surface area is 190 Å². The van der Waals surface area contributed by atoms with Crippen LogP contribution in [0.4, 0.5) is 4.39 Å². The van der Waals surface area contributed by atoms with E-state index in [1.165, 1.54) is 23.5 Å². The molecule has 0 aliphatic rings. The Balaban J connectivity index is 1.60. The van der Waals surface area contributed by atoms with Gasteiger partial charge in [0.05, 0.1) is 17.0 Å². The highest BCUT2D eigenvalue weighted by atomic mass is 32.1. The van der Waals surface area contributed by atoms with E-state index in [9.17, 15) is 9.18 Å². The van der Waals surface area contributed by atoms with Crippen molar-refractivity contribution in [1.82, 2.24) is 19.9 Å². The Morgan fingerprint density at radius 3 is 2.78 bits per heavy atom. The number of benzene rings is 1. The summed E-state index contributed by atoms with van der Waals surface area (Å²) in [4.78, 5) is 28.2. The summed E-state index contributed by atoms with van der Waals surface area (Å²) in [5.41, 5.74) is 3.12. The average molecular weight is 453 g/mol. The summed E-state index contributed by atoms with van der Waals surface area (Å²) in [5.74, 6) is 0.119. The number of aromatic nitrogens is 3. The van der Waals surface area contributed by atoms with Crippen molar-refractivity contribution in [2.45, 2.75) is 33.2 Å². The molecule has 166 valence electrons. The van der Waals surface area contributed by atoms with E-state index in [-0.39, 0.29) is 17.8 Å². The number of halogens is 1. The van der Waals surface area contributed by atoms with Crippen LogP contribution in [0.3, 0.4) is 0 Å². The molecule has 4 rings (SSSR count). The van der Waals surface area contributed by atoms with E-state index in [0.29, 0.717) is 24.5 Å². The monoisotopic (exact) mass is 452 g/mol. The number of hydrogen-bond acceptors (Lipinski definition) is 5. The van der Waals surface area contributed by atoms with Crippen molar-refractivity contribution < 1.29 is 13.9 Å². The number of carbonyl (C=O) groups excluding carboxylic acids is 1. The number of aromatic amines is 1. The maximum absolute atomic E-state index is 13.7. The highest BCUT2D eigenvalue weighted by Gasteiger charge is 2.26. The van der Waals surface area contributed by atoms with Gasteiger partial charge in [0.15, 0.2) is 0 Å². The van der Waals surface area contributed by atoms with Gasteiger partial charge in [-0.3, -0.25) is 4.79 Å². The summed E-state index contributed by atoms with van der Waals surface area (Å²) < 4.78 is 18.9. The van der Waals surface area contributed by atoms with Crippen molar-refractivity contribution in [3.63, 3.8) is 0 Å². The topological polar surface area (TPSA) is 71.1 Å². The molecule has 6 nitrogen and oxygen atoms in total. The van der Waals surface area contributed by atoms with Crippen molar-refractivity contribution in [2.24, 2.45) is 0 Å². The molecule has 1 N–H and O–H groups in total. The number of nitrogens with zero attached hydrogens (tertiary/aromatic N) is 3. The summed E-state index contributed by atoms with van der Waals surface area (Å²) in [7, 11) is 1.57. The molecule has 4 aromatic rings. The second-order valence-corrected chi connectivity index (χ2v) is 9.05. The van der Waals surface area contributed by atoms with E-state index in [1.54, 1.807) is 25.4 Å². The van der Waals surface area contributed by atoms with E-state index >= 15 is 0 Å². The third-order valence-corrected chi connectivity index (χ3v) is 6.40. The van der Waals surface area contributed by atoms with E-state index in [0.717, 1.165) is 31.9 Å². The number of rotatable bonds is 7. The quantitative estimate of drug-likeness (QED) is 0.416. The molecule has 32 heavy (non-hydrogen) atoms. The van der Waals surface area contributed by atoms with Gasteiger partial charge in [0, 0.05) is 47.5 Å². The van der Waals surface area contributed by atoms with Crippen LogP contribution in [0.5, 0.6) is 5.88 Å². The molecule has 8 heteroatoms. The first-order valence-electron chi connectivity index (χ1n) is 10.4. The molecule has 0 aliphatic carbocycles. The number of H-pyrrole nitrogens is 1. The van der Waals surface area contributed by atoms with Crippen LogP contribution in [0.1, 0.15) is 34.9 Å². The van der Waals surface area contributed by atoms with Crippen LogP contribution in [0.2, 0.25) is 0 Å². The largest absolute Gasteiger partial charge is 0.481 e. The van der Waals surface area contributed by atoms with Crippen molar-refractivity contribution in [3.8, 4) is 16.3 Å². The van der Waals surface area contributed by atoms with Gasteiger partial charge in [-0.05, 0) is 57.0 Å². The van der Waals surface area contributed by atoms with Gasteiger partial charge in [-0.25, -0.2) is 14.4 Å². The molecule has 0 bridgehead atoms. The molecule has 0 fully saturated rings. The Hall–Kier alpha value is -3.26. The van der Waals surface area contributed by atoms with Crippen LogP contribution in [0.25, 0.3) is 21.3 Å². The predicted octanol–water partition coefficient (Wildman–Crippen LogP) is 5.24. The molecule has 1 amide bonds. The summed E-state index contributed by atoms with van der Waals surface area (Å²) in [6.45, 7) is 6.36. The summed E-state index contributed by atoms with van der Waals surface area (Å²) >= 11 is 1.47. The number of aryl methyl sites for hydroxylation is 1. The van der Waals surface area contributed by atoms with Crippen LogP contribution in [0.15, 0.2) is 42.7 Å². The Morgan fingerprint density at radius 2 is 2.09 bits per heavy atom. The third-order valence-electron chi connectivity index (χ3n) is 5.38. The number of carbonyl (C=O) groups is 1. The fourth-order valence-electron chi connectivity index (χ4n) is 3.73. The van der Waals surface area contributed by atoms with Gasteiger partial charge < -0.3 is 14.6 Å². The van der Waals surface area contributed by atoms with E-state index < -0.39 is 0 Å². The molecule has 1 aromatic carbocycles. The van der Waals surface area contributed by atoms with Crippen molar-refractivity contribution >= 4 is 28.1 Å². The second-order valence-electron chi connectivity index (χ2n) is 7.85. The highest BCUT2D eigenvalue weighted by Crippen LogP contribution is 2.32. The maximum Gasteiger partial charge on any atom is 0.274 e. The van der Waals surface area contributed by atoms with Gasteiger partial charge in [-0.1, -0.05) is 0 Å². The smallest absolute Gasteiger partial charge is 0.274 e. The zero-order chi connectivity index (χ0) is 22.8. The molecular weight excluding hydrogens is 427 g/mol.